The maximum absolute atomic E-state index is 12.9. The molecule has 1 atom stereocenters. The van der Waals surface area contributed by atoms with Gasteiger partial charge in [-0.1, -0.05) is 91.0 Å². The fourth-order valence-corrected chi connectivity index (χ4v) is 2.74. The van der Waals surface area contributed by atoms with E-state index in [-0.39, 0.29) is 0 Å². The number of carbonyl (C=O) groups is 1. The number of hydrogen-bond donors (Lipinski definition) is 0. The largest absolute Gasteiger partial charge is 0.441 e. The lowest BCUT2D eigenvalue weighted by atomic mass is 9.91. The Bertz CT molecular complexity index is 815. The Hall–Kier alpha value is -3.38. The number of hydrogen-bond acceptors (Lipinski definition) is 3. The summed E-state index contributed by atoms with van der Waals surface area (Å²) in [5.41, 5.74) is 2.34. The molecule has 0 aliphatic rings. The third kappa shape index (κ3) is 3.94. The maximum Gasteiger partial charge on any atom is 0.319 e. The smallest absolute Gasteiger partial charge is 0.319 e. The number of carbonyl (C=O) groups excluding carboxylic acids is 1. The van der Waals surface area contributed by atoms with Crippen LogP contribution in [0.3, 0.4) is 0 Å². The molecule has 3 heteroatoms. The average Bonchev–Trinajstić information content (AvgIpc) is 2.69. The van der Waals surface area contributed by atoms with Gasteiger partial charge in [0.05, 0.1) is 0 Å². The third-order valence-electron chi connectivity index (χ3n) is 3.96. The summed E-state index contributed by atoms with van der Waals surface area (Å²) >= 11 is 0. The number of ether oxygens (including phenoxy) is 1. The summed E-state index contributed by atoms with van der Waals surface area (Å²) in [4.78, 5) is 12.9. The van der Waals surface area contributed by atoms with Crippen LogP contribution in [0.2, 0.25) is 0 Å². The van der Waals surface area contributed by atoms with Crippen LogP contribution in [-0.2, 0) is 9.53 Å². The van der Waals surface area contributed by atoms with Crippen molar-refractivity contribution in [1.82, 2.24) is 0 Å². The molecular weight excluding hydrogens is 310 g/mol. The molecule has 0 fully saturated rings. The van der Waals surface area contributed by atoms with Crippen LogP contribution >= 0.6 is 0 Å². The van der Waals surface area contributed by atoms with E-state index in [4.69, 9.17) is 4.74 Å². The lowest BCUT2D eigenvalue weighted by molar-refractivity contribution is -0.147. The van der Waals surface area contributed by atoms with Crippen LogP contribution in [-0.4, -0.2) is 5.97 Å². The second-order valence-electron chi connectivity index (χ2n) is 5.61. The predicted octanol–water partition coefficient (Wildman–Crippen LogP) is 4.63. The molecule has 0 radical (unpaired) electrons. The topological polar surface area (TPSA) is 50.1 Å². The van der Waals surface area contributed by atoms with E-state index in [2.05, 4.69) is 6.07 Å². The van der Waals surface area contributed by atoms with Crippen LogP contribution in [0.25, 0.3) is 0 Å². The van der Waals surface area contributed by atoms with Crippen LogP contribution in [0, 0.1) is 11.3 Å². The summed E-state index contributed by atoms with van der Waals surface area (Å²) in [5, 5.41) is 9.42. The highest BCUT2D eigenvalue weighted by atomic mass is 16.5. The summed E-state index contributed by atoms with van der Waals surface area (Å²) in [6.07, 6.45) is -0.927. The molecule has 0 aromatic heterocycles. The Morgan fingerprint density at radius 3 is 1.52 bits per heavy atom. The molecule has 0 N–H and O–H groups in total. The number of benzene rings is 3. The Morgan fingerprint density at radius 1 is 0.720 bits per heavy atom. The zero-order chi connectivity index (χ0) is 17.5. The van der Waals surface area contributed by atoms with Gasteiger partial charge in [-0.3, -0.25) is 4.79 Å². The van der Waals surface area contributed by atoms with Crippen LogP contribution < -0.4 is 0 Å². The van der Waals surface area contributed by atoms with E-state index in [0.29, 0.717) is 5.56 Å². The molecule has 0 aliphatic heterocycles. The first-order valence-corrected chi connectivity index (χ1v) is 8.04. The van der Waals surface area contributed by atoms with E-state index in [1.54, 1.807) is 12.1 Å². The van der Waals surface area contributed by atoms with Gasteiger partial charge in [-0.05, 0) is 11.1 Å². The molecule has 3 rings (SSSR count). The third-order valence-corrected chi connectivity index (χ3v) is 3.96. The normalized spacial score (nSPS) is 11.5. The van der Waals surface area contributed by atoms with Crippen LogP contribution in [0.5, 0.6) is 0 Å². The van der Waals surface area contributed by atoms with Crippen molar-refractivity contribution in [3.05, 3.63) is 108 Å². The summed E-state index contributed by atoms with van der Waals surface area (Å²) in [6, 6.07) is 30.0. The summed E-state index contributed by atoms with van der Waals surface area (Å²) in [6.45, 7) is 0. The highest BCUT2D eigenvalue weighted by Gasteiger charge is 2.27. The fourth-order valence-electron chi connectivity index (χ4n) is 2.74. The van der Waals surface area contributed by atoms with E-state index < -0.39 is 18.0 Å². The van der Waals surface area contributed by atoms with Crippen molar-refractivity contribution in [3.8, 4) is 6.07 Å². The number of nitriles is 1. The Kier molecular flexibility index (Phi) is 5.23. The molecule has 3 nitrogen and oxygen atoms in total. The summed E-state index contributed by atoms with van der Waals surface area (Å²) in [7, 11) is 0. The molecule has 3 aromatic carbocycles. The molecule has 0 heterocycles. The van der Waals surface area contributed by atoms with Gasteiger partial charge in [-0.15, -0.1) is 0 Å². The maximum atomic E-state index is 12.9. The second kappa shape index (κ2) is 7.94. The SMILES string of the molecule is N#CC(OC(=O)C(c1ccccc1)c1ccccc1)c1ccccc1. The van der Waals surface area contributed by atoms with E-state index in [1.165, 1.54) is 0 Å². The molecular formula is C22H17NO2. The van der Waals surface area contributed by atoms with E-state index >= 15 is 0 Å². The minimum atomic E-state index is -0.927. The van der Waals surface area contributed by atoms with Crippen molar-refractivity contribution < 1.29 is 9.53 Å². The lowest BCUT2D eigenvalue weighted by Gasteiger charge is -2.19. The molecule has 3 aromatic rings. The zero-order valence-corrected chi connectivity index (χ0v) is 13.6. The summed E-state index contributed by atoms with van der Waals surface area (Å²) in [5.74, 6) is -1.00. The number of rotatable bonds is 5. The van der Waals surface area contributed by atoms with Gasteiger partial charge in [0, 0.05) is 5.56 Å². The first-order valence-electron chi connectivity index (χ1n) is 8.04. The first kappa shape index (κ1) is 16.5. The van der Waals surface area contributed by atoms with Crippen LogP contribution in [0.4, 0.5) is 0 Å². The van der Waals surface area contributed by atoms with Gasteiger partial charge in [-0.2, -0.15) is 5.26 Å². The minimum Gasteiger partial charge on any atom is -0.441 e. The van der Waals surface area contributed by atoms with Gasteiger partial charge in [-0.25, -0.2) is 0 Å². The molecule has 0 amide bonds. The van der Waals surface area contributed by atoms with Crippen LogP contribution in [0.15, 0.2) is 91.0 Å². The Balaban J connectivity index is 1.91. The summed E-state index contributed by atoms with van der Waals surface area (Å²) < 4.78 is 5.56. The molecule has 0 bridgehead atoms. The average molecular weight is 327 g/mol. The van der Waals surface area contributed by atoms with Gasteiger partial charge in [0.2, 0.25) is 6.10 Å². The first-order chi connectivity index (χ1) is 12.3. The molecule has 0 saturated heterocycles. The quantitative estimate of drug-likeness (QED) is 0.642. The van der Waals surface area contributed by atoms with Crippen molar-refractivity contribution in [2.45, 2.75) is 12.0 Å². The Morgan fingerprint density at radius 2 is 1.12 bits per heavy atom. The van der Waals surface area contributed by atoms with Crippen molar-refractivity contribution >= 4 is 5.97 Å². The van der Waals surface area contributed by atoms with Crippen molar-refractivity contribution in [3.63, 3.8) is 0 Å². The predicted molar refractivity (Wildman–Crippen MR) is 95.6 cm³/mol. The molecule has 1 unspecified atom stereocenters. The van der Waals surface area contributed by atoms with Gasteiger partial charge in [0.1, 0.15) is 12.0 Å². The fraction of sp³-hybridized carbons (Fsp3) is 0.0909. The minimum absolute atomic E-state index is 0.437. The standard InChI is InChI=1S/C22H17NO2/c23-16-20(17-10-4-1-5-11-17)25-22(24)21(18-12-6-2-7-13-18)19-14-8-3-9-15-19/h1-15,20-21H. The van der Waals surface area contributed by atoms with E-state index in [1.807, 2.05) is 78.9 Å². The lowest BCUT2D eigenvalue weighted by Crippen LogP contribution is -2.19. The molecule has 0 aliphatic carbocycles. The van der Waals surface area contributed by atoms with E-state index in [9.17, 15) is 10.1 Å². The van der Waals surface area contributed by atoms with Crippen LogP contribution in [0.1, 0.15) is 28.7 Å². The molecule has 122 valence electrons. The second-order valence-corrected chi connectivity index (χ2v) is 5.61. The number of esters is 1. The van der Waals surface area contributed by atoms with Gasteiger partial charge in [0.25, 0.3) is 0 Å². The molecule has 25 heavy (non-hydrogen) atoms. The van der Waals surface area contributed by atoms with Gasteiger partial charge in [0.15, 0.2) is 0 Å². The van der Waals surface area contributed by atoms with Gasteiger partial charge >= 0.3 is 5.97 Å². The monoisotopic (exact) mass is 327 g/mol. The van der Waals surface area contributed by atoms with E-state index in [0.717, 1.165) is 11.1 Å². The van der Waals surface area contributed by atoms with Gasteiger partial charge < -0.3 is 4.74 Å². The zero-order valence-electron chi connectivity index (χ0n) is 13.6. The van der Waals surface area contributed by atoms with Crippen molar-refractivity contribution in [2.24, 2.45) is 0 Å². The molecule has 0 spiro atoms. The Labute approximate surface area is 147 Å². The molecule has 0 saturated carbocycles. The highest BCUT2D eigenvalue weighted by molar-refractivity contribution is 5.82. The van der Waals surface area contributed by atoms with Crippen molar-refractivity contribution in [2.75, 3.05) is 0 Å². The van der Waals surface area contributed by atoms with Crippen molar-refractivity contribution in [1.29, 1.82) is 5.26 Å². The highest BCUT2D eigenvalue weighted by Crippen LogP contribution is 2.28. The number of nitrogens with zero attached hydrogens (tertiary/aromatic N) is 1.